The Morgan fingerprint density at radius 1 is 0.881 bits per heavy atom. The van der Waals surface area contributed by atoms with E-state index in [2.05, 4.69) is 10.6 Å². The largest absolute Gasteiger partial charge is 0.482 e. The first-order valence-electron chi connectivity index (χ1n) is 13.8. The number of amides is 4. The lowest BCUT2D eigenvalue weighted by molar-refractivity contribution is -0.138. The number of carboxylic acid groups (broad SMARTS) is 1. The SMILES string of the molecule is CC(C)CCN(C(=O)CNC(=O)Nc1cccc(C(C)C(=O)O)c1)c1ccccc1OCC(=O)N(C)c1ccccc1. The van der Waals surface area contributed by atoms with Crippen molar-refractivity contribution in [1.29, 1.82) is 0 Å². The lowest BCUT2D eigenvalue weighted by Crippen LogP contribution is -2.42. The van der Waals surface area contributed by atoms with E-state index in [-0.39, 0.29) is 25.0 Å². The highest BCUT2D eigenvalue weighted by atomic mass is 16.5. The molecule has 0 saturated carbocycles. The lowest BCUT2D eigenvalue weighted by Gasteiger charge is -2.26. The quantitative estimate of drug-likeness (QED) is 0.260. The number of nitrogens with zero attached hydrogens (tertiary/aromatic N) is 2. The number of carbonyl (C=O) groups excluding carboxylic acids is 3. The maximum Gasteiger partial charge on any atom is 0.319 e. The van der Waals surface area contributed by atoms with Gasteiger partial charge < -0.3 is 30.3 Å². The lowest BCUT2D eigenvalue weighted by atomic mass is 10.0. The topological polar surface area (TPSA) is 128 Å². The van der Waals surface area contributed by atoms with Crippen LogP contribution in [-0.4, -0.2) is 55.7 Å². The Hall–Kier alpha value is -4.86. The molecule has 0 spiro atoms. The molecule has 0 saturated heterocycles. The average molecular weight is 575 g/mol. The van der Waals surface area contributed by atoms with Gasteiger partial charge in [0, 0.05) is 25.0 Å². The fourth-order valence-electron chi connectivity index (χ4n) is 4.06. The molecule has 0 aliphatic heterocycles. The molecule has 1 unspecified atom stereocenters. The zero-order valence-electron chi connectivity index (χ0n) is 24.4. The van der Waals surface area contributed by atoms with Crippen molar-refractivity contribution in [3.8, 4) is 5.75 Å². The van der Waals surface area contributed by atoms with Gasteiger partial charge in [-0.05, 0) is 61.2 Å². The summed E-state index contributed by atoms with van der Waals surface area (Å²) in [6.07, 6.45) is 0.705. The van der Waals surface area contributed by atoms with Gasteiger partial charge in [-0.15, -0.1) is 0 Å². The van der Waals surface area contributed by atoms with E-state index in [1.54, 1.807) is 67.4 Å². The monoisotopic (exact) mass is 574 g/mol. The Morgan fingerprint density at radius 3 is 2.26 bits per heavy atom. The van der Waals surface area contributed by atoms with Gasteiger partial charge in [-0.1, -0.05) is 56.3 Å². The number of anilines is 3. The van der Waals surface area contributed by atoms with Crippen LogP contribution in [0.25, 0.3) is 0 Å². The highest BCUT2D eigenvalue weighted by Gasteiger charge is 2.22. The number of urea groups is 1. The minimum atomic E-state index is -0.972. The summed E-state index contributed by atoms with van der Waals surface area (Å²) in [5, 5.41) is 14.5. The Bertz CT molecular complexity index is 1380. The van der Waals surface area contributed by atoms with Gasteiger partial charge in [0.1, 0.15) is 5.75 Å². The minimum Gasteiger partial charge on any atom is -0.482 e. The Kier molecular flexibility index (Phi) is 11.5. The highest BCUT2D eigenvalue weighted by molar-refractivity contribution is 5.99. The molecule has 42 heavy (non-hydrogen) atoms. The van der Waals surface area contributed by atoms with Gasteiger partial charge in [0.05, 0.1) is 18.2 Å². The molecule has 4 amide bonds. The van der Waals surface area contributed by atoms with Gasteiger partial charge >= 0.3 is 12.0 Å². The number of hydrogen-bond acceptors (Lipinski definition) is 5. The molecule has 222 valence electrons. The van der Waals surface area contributed by atoms with Crippen molar-refractivity contribution >= 4 is 40.9 Å². The normalized spacial score (nSPS) is 11.4. The van der Waals surface area contributed by atoms with E-state index in [0.717, 1.165) is 5.69 Å². The van der Waals surface area contributed by atoms with Crippen LogP contribution in [0.5, 0.6) is 5.75 Å². The minimum absolute atomic E-state index is 0.227. The maximum absolute atomic E-state index is 13.4. The summed E-state index contributed by atoms with van der Waals surface area (Å²) in [7, 11) is 1.67. The number of benzene rings is 3. The van der Waals surface area contributed by atoms with Crippen LogP contribution in [0, 0.1) is 5.92 Å². The van der Waals surface area contributed by atoms with Crippen molar-refractivity contribution in [2.75, 3.05) is 41.9 Å². The third-order valence-corrected chi connectivity index (χ3v) is 6.67. The van der Waals surface area contributed by atoms with Crippen LogP contribution in [0.15, 0.2) is 78.9 Å². The maximum atomic E-state index is 13.4. The summed E-state index contributed by atoms with van der Waals surface area (Å²) < 4.78 is 5.90. The molecule has 0 aliphatic carbocycles. The first-order chi connectivity index (χ1) is 20.1. The molecule has 3 aromatic rings. The number of para-hydroxylation sites is 3. The summed E-state index contributed by atoms with van der Waals surface area (Å²) in [6.45, 7) is 5.52. The van der Waals surface area contributed by atoms with Crippen LogP contribution in [-0.2, 0) is 14.4 Å². The van der Waals surface area contributed by atoms with Gasteiger partial charge in [0.2, 0.25) is 5.91 Å². The molecular weight excluding hydrogens is 536 g/mol. The van der Waals surface area contributed by atoms with Crippen molar-refractivity contribution in [2.24, 2.45) is 5.92 Å². The predicted molar refractivity (Wildman–Crippen MR) is 163 cm³/mol. The van der Waals surface area contributed by atoms with Crippen LogP contribution in [0.4, 0.5) is 21.9 Å². The summed E-state index contributed by atoms with van der Waals surface area (Å²) >= 11 is 0. The van der Waals surface area contributed by atoms with Gasteiger partial charge in [-0.2, -0.15) is 0 Å². The number of rotatable bonds is 13. The van der Waals surface area contributed by atoms with E-state index in [1.165, 1.54) is 4.90 Å². The number of carbonyl (C=O) groups is 4. The summed E-state index contributed by atoms with van der Waals surface area (Å²) in [5.74, 6) is -1.63. The molecule has 0 radical (unpaired) electrons. The zero-order chi connectivity index (χ0) is 30.6. The predicted octanol–water partition coefficient (Wildman–Crippen LogP) is 5.12. The molecule has 10 nitrogen and oxygen atoms in total. The molecule has 0 fully saturated rings. The molecule has 0 aliphatic rings. The first kappa shape index (κ1) is 31.7. The second kappa shape index (κ2) is 15.2. The molecule has 3 aromatic carbocycles. The number of aliphatic carboxylic acids is 1. The highest BCUT2D eigenvalue weighted by Crippen LogP contribution is 2.29. The summed E-state index contributed by atoms with van der Waals surface area (Å²) in [6, 6.07) is 22.1. The van der Waals surface area contributed by atoms with E-state index in [9.17, 15) is 24.3 Å². The van der Waals surface area contributed by atoms with Crippen molar-refractivity contribution < 1.29 is 29.0 Å². The number of nitrogens with one attached hydrogen (secondary N) is 2. The van der Waals surface area contributed by atoms with Crippen LogP contribution in [0.1, 0.15) is 38.7 Å². The standard InChI is InChI=1S/C32H38N4O6/c1-22(2)17-18-36(29(37)20-33-32(41)34-25-12-10-11-24(19-25)23(3)31(39)40)27-15-8-9-16-28(27)42-21-30(38)35(4)26-13-6-5-7-14-26/h5-16,19,22-23H,17-18,20-21H2,1-4H3,(H,39,40)(H2,33,34,41). The van der Waals surface area contributed by atoms with E-state index in [0.29, 0.717) is 41.6 Å². The van der Waals surface area contributed by atoms with E-state index in [1.807, 2.05) is 44.2 Å². The van der Waals surface area contributed by atoms with E-state index < -0.39 is 17.9 Å². The van der Waals surface area contributed by atoms with E-state index in [4.69, 9.17) is 4.74 Å². The molecule has 0 aromatic heterocycles. The first-order valence-corrected chi connectivity index (χ1v) is 13.8. The smallest absolute Gasteiger partial charge is 0.319 e. The van der Waals surface area contributed by atoms with Gasteiger partial charge in [-0.25, -0.2) is 4.79 Å². The number of carboxylic acids is 1. The van der Waals surface area contributed by atoms with Crippen LogP contribution < -0.4 is 25.2 Å². The van der Waals surface area contributed by atoms with Gasteiger partial charge in [-0.3, -0.25) is 14.4 Å². The van der Waals surface area contributed by atoms with Crippen LogP contribution >= 0.6 is 0 Å². The number of likely N-dealkylation sites (N-methyl/N-ethyl adjacent to an activating group) is 1. The Morgan fingerprint density at radius 2 is 1.57 bits per heavy atom. The molecular formula is C32H38N4O6. The second-order valence-corrected chi connectivity index (χ2v) is 10.3. The summed E-state index contributed by atoms with van der Waals surface area (Å²) in [4.78, 5) is 53.2. The van der Waals surface area contributed by atoms with Gasteiger partial charge in [0.25, 0.3) is 5.91 Å². The van der Waals surface area contributed by atoms with Gasteiger partial charge in [0.15, 0.2) is 6.61 Å². The third kappa shape index (κ3) is 9.09. The van der Waals surface area contributed by atoms with Crippen molar-refractivity contribution in [3.05, 3.63) is 84.4 Å². The zero-order valence-corrected chi connectivity index (χ0v) is 24.4. The van der Waals surface area contributed by atoms with E-state index >= 15 is 0 Å². The van der Waals surface area contributed by atoms with Crippen molar-refractivity contribution in [1.82, 2.24) is 5.32 Å². The molecule has 0 bridgehead atoms. The second-order valence-electron chi connectivity index (χ2n) is 10.3. The molecule has 3 rings (SSSR count). The summed E-state index contributed by atoms with van der Waals surface area (Å²) in [5.41, 5.74) is 2.18. The van der Waals surface area contributed by atoms with Crippen molar-refractivity contribution in [3.63, 3.8) is 0 Å². The molecule has 3 N–H and O–H groups in total. The molecule has 10 heteroatoms. The average Bonchev–Trinajstić information content (AvgIpc) is 2.99. The molecule has 0 heterocycles. The fraction of sp³-hybridized carbons (Fsp3) is 0.312. The number of ether oxygens (including phenoxy) is 1. The van der Waals surface area contributed by atoms with Crippen LogP contribution in [0.2, 0.25) is 0 Å². The van der Waals surface area contributed by atoms with Crippen LogP contribution in [0.3, 0.4) is 0 Å². The Balaban J connectivity index is 1.68. The Labute approximate surface area is 246 Å². The third-order valence-electron chi connectivity index (χ3n) is 6.67. The number of hydrogen-bond donors (Lipinski definition) is 3. The fourth-order valence-corrected chi connectivity index (χ4v) is 4.06. The van der Waals surface area contributed by atoms with Crippen molar-refractivity contribution in [2.45, 2.75) is 33.1 Å². The molecule has 1 atom stereocenters.